The predicted octanol–water partition coefficient (Wildman–Crippen LogP) is 2.25. The summed E-state index contributed by atoms with van der Waals surface area (Å²) in [6, 6.07) is 8.88. The van der Waals surface area contributed by atoms with Gasteiger partial charge in [-0.3, -0.25) is 4.79 Å². The van der Waals surface area contributed by atoms with Gasteiger partial charge in [-0.1, -0.05) is 61.7 Å². The van der Waals surface area contributed by atoms with Gasteiger partial charge < -0.3 is 20.4 Å². The number of benzene rings is 1. The molecule has 1 fully saturated rings. The molecule has 1 heterocycles. The first kappa shape index (κ1) is 27.1. The number of sulfone groups is 1. The molecule has 2 N–H and O–H groups in total. The zero-order valence-electron chi connectivity index (χ0n) is 19.7. The van der Waals surface area contributed by atoms with E-state index in [0.717, 1.165) is 24.1 Å². The Morgan fingerprint density at radius 2 is 1.79 bits per heavy atom. The maximum absolute atomic E-state index is 12.6. The molecule has 1 aromatic rings. The van der Waals surface area contributed by atoms with Gasteiger partial charge >= 0.3 is 6.03 Å². The molecule has 0 saturated carbocycles. The highest BCUT2D eigenvalue weighted by Crippen LogP contribution is 2.13. The first-order chi connectivity index (χ1) is 16.2. The van der Waals surface area contributed by atoms with E-state index in [0.29, 0.717) is 25.9 Å². The number of piperazine rings is 1. The SMILES string of the molecule is C=C/C=C(\C=C)S(=O)(=O)/C=C/C(CCc1ccccc1)NC(=O)CNC(=O)N1CCN(C)CC1. The normalized spacial score (nSPS) is 16.1. The Morgan fingerprint density at radius 3 is 2.41 bits per heavy atom. The topological polar surface area (TPSA) is 98.8 Å². The fraction of sp³-hybridized carbons (Fsp3) is 0.360. The Kier molecular flexibility index (Phi) is 10.8. The number of rotatable bonds is 11. The number of likely N-dealkylation sites (N-methyl/N-ethyl adjacent to an activating group) is 1. The number of amides is 3. The van der Waals surface area contributed by atoms with Crippen LogP contribution >= 0.6 is 0 Å². The Labute approximate surface area is 202 Å². The first-order valence-corrected chi connectivity index (χ1v) is 12.7. The van der Waals surface area contributed by atoms with Gasteiger partial charge in [0, 0.05) is 37.6 Å². The highest BCUT2D eigenvalue weighted by atomic mass is 32.2. The van der Waals surface area contributed by atoms with E-state index in [2.05, 4.69) is 28.7 Å². The number of hydrogen-bond donors (Lipinski definition) is 2. The van der Waals surface area contributed by atoms with Crippen molar-refractivity contribution in [3.8, 4) is 0 Å². The summed E-state index contributed by atoms with van der Waals surface area (Å²) < 4.78 is 25.2. The van der Waals surface area contributed by atoms with Crippen LogP contribution < -0.4 is 10.6 Å². The molecule has 1 aliphatic rings. The van der Waals surface area contributed by atoms with Crippen molar-refractivity contribution in [2.45, 2.75) is 18.9 Å². The number of allylic oxidation sites excluding steroid dienone is 3. The minimum atomic E-state index is -3.73. The summed E-state index contributed by atoms with van der Waals surface area (Å²) in [5.74, 6) is -0.395. The number of nitrogens with zero attached hydrogens (tertiary/aromatic N) is 2. The van der Waals surface area contributed by atoms with E-state index in [9.17, 15) is 18.0 Å². The molecule has 0 spiro atoms. The maximum atomic E-state index is 12.6. The number of nitrogens with one attached hydrogen (secondary N) is 2. The minimum absolute atomic E-state index is 0.0197. The maximum Gasteiger partial charge on any atom is 0.317 e. The second-order valence-corrected chi connectivity index (χ2v) is 9.86. The average Bonchev–Trinajstić information content (AvgIpc) is 2.83. The van der Waals surface area contributed by atoms with Crippen molar-refractivity contribution >= 4 is 21.8 Å². The minimum Gasteiger partial charge on any atom is -0.348 e. The first-order valence-electron chi connectivity index (χ1n) is 11.2. The van der Waals surface area contributed by atoms with Crippen molar-refractivity contribution in [3.05, 3.63) is 83.7 Å². The van der Waals surface area contributed by atoms with Gasteiger partial charge in [0.15, 0.2) is 9.84 Å². The van der Waals surface area contributed by atoms with Crippen molar-refractivity contribution in [1.29, 1.82) is 0 Å². The Hall–Kier alpha value is -3.17. The van der Waals surface area contributed by atoms with Crippen LogP contribution in [-0.4, -0.2) is 76.0 Å². The van der Waals surface area contributed by atoms with Gasteiger partial charge in [-0.05, 0) is 31.5 Å². The molecule has 2 rings (SSSR count). The van der Waals surface area contributed by atoms with Crippen LogP contribution in [0.25, 0.3) is 0 Å². The lowest BCUT2D eigenvalue weighted by Gasteiger charge is -2.32. The van der Waals surface area contributed by atoms with Crippen LogP contribution in [0.5, 0.6) is 0 Å². The number of carbonyl (C=O) groups is 2. The van der Waals surface area contributed by atoms with E-state index in [-0.39, 0.29) is 17.5 Å². The van der Waals surface area contributed by atoms with Crippen LogP contribution in [0.15, 0.2) is 78.1 Å². The third-order valence-electron chi connectivity index (χ3n) is 5.43. The lowest BCUT2D eigenvalue weighted by atomic mass is 10.1. The molecule has 1 aromatic carbocycles. The van der Waals surface area contributed by atoms with Gasteiger partial charge in [0.05, 0.1) is 11.4 Å². The molecule has 0 aromatic heterocycles. The van der Waals surface area contributed by atoms with E-state index in [1.54, 1.807) is 4.90 Å². The number of urea groups is 1. The number of carbonyl (C=O) groups excluding carboxylic acids is 2. The molecular weight excluding hydrogens is 452 g/mol. The summed E-state index contributed by atoms with van der Waals surface area (Å²) in [5.41, 5.74) is 1.07. The lowest BCUT2D eigenvalue weighted by molar-refractivity contribution is -0.120. The fourth-order valence-corrected chi connectivity index (χ4v) is 4.46. The molecule has 184 valence electrons. The summed E-state index contributed by atoms with van der Waals surface area (Å²) >= 11 is 0. The van der Waals surface area contributed by atoms with Crippen LogP contribution in [-0.2, 0) is 21.1 Å². The summed E-state index contributed by atoms with van der Waals surface area (Å²) in [7, 11) is -1.74. The third-order valence-corrected chi connectivity index (χ3v) is 6.90. The molecule has 9 heteroatoms. The molecule has 0 aliphatic carbocycles. The van der Waals surface area contributed by atoms with Crippen molar-refractivity contribution in [2.75, 3.05) is 39.8 Å². The lowest BCUT2D eigenvalue weighted by Crippen LogP contribution is -2.52. The second kappa shape index (κ2) is 13.5. The predicted molar refractivity (Wildman–Crippen MR) is 136 cm³/mol. The summed E-state index contributed by atoms with van der Waals surface area (Å²) in [5, 5.41) is 6.53. The quantitative estimate of drug-likeness (QED) is 0.468. The zero-order chi connectivity index (χ0) is 25.0. The molecular formula is C25H34N4O4S. The molecule has 0 bridgehead atoms. The van der Waals surface area contributed by atoms with Crippen LogP contribution in [0.4, 0.5) is 4.79 Å². The highest BCUT2D eigenvalue weighted by molar-refractivity contribution is 7.98. The second-order valence-electron chi connectivity index (χ2n) is 8.03. The monoisotopic (exact) mass is 486 g/mol. The smallest absolute Gasteiger partial charge is 0.317 e. The average molecular weight is 487 g/mol. The van der Waals surface area contributed by atoms with Gasteiger partial charge in [0.25, 0.3) is 0 Å². The van der Waals surface area contributed by atoms with Gasteiger partial charge in [-0.25, -0.2) is 13.2 Å². The Balaban J connectivity index is 2.02. The van der Waals surface area contributed by atoms with Gasteiger partial charge in [-0.15, -0.1) is 0 Å². The largest absolute Gasteiger partial charge is 0.348 e. The summed E-state index contributed by atoms with van der Waals surface area (Å²) in [6.45, 7) is 9.65. The van der Waals surface area contributed by atoms with Gasteiger partial charge in [0.2, 0.25) is 5.91 Å². The third kappa shape index (κ3) is 8.99. The van der Waals surface area contributed by atoms with E-state index < -0.39 is 21.8 Å². The zero-order valence-corrected chi connectivity index (χ0v) is 20.5. The van der Waals surface area contributed by atoms with E-state index in [1.807, 2.05) is 37.4 Å². The van der Waals surface area contributed by atoms with Crippen molar-refractivity contribution in [2.24, 2.45) is 0 Å². The highest BCUT2D eigenvalue weighted by Gasteiger charge is 2.20. The summed E-state index contributed by atoms with van der Waals surface area (Å²) in [6.07, 6.45) is 6.56. The Bertz CT molecular complexity index is 1010. The molecule has 3 amide bonds. The van der Waals surface area contributed by atoms with Crippen LogP contribution in [0, 0.1) is 0 Å². The van der Waals surface area contributed by atoms with Crippen LogP contribution in [0.2, 0.25) is 0 Å². The summed E-state index contributed by atoms with van der Waals surface area (Å²) in [4.78, 5) is 28.7. The van der Waals surface area contributed by atoms with Crippen molar-refractivity contribution in [3.63, 3.8) is 0 Å². The number of aryl methyl sites for hydroxylation is 1. The molecule has 1 saturated heterocycles. The molecule has 34 heavy (non-hydrogen) atoms. The standard InChI is InChI=1S/C25H34N4O4S/c1-4-9-23(5-2)34(32,33)19-14-22(13-12-21-10-7-6-8-11-21)27-24(30)20-26-25(31)29-17-15-28(3)16-18-29/h4-11,14,19,22H,1-2,12-13,15-18,20H2,3H3,(H,26,31)(H,27,30)/b19-14+,23-9+. The van der Waals surface area contributed by atoms with E-state index in [1.165, 1.54) is 24.3 Å². The molecule has 1 unspecified atom stereocenters. The Morgan fingerprint density at radius 1 is 1.12 bits per heavy atom. The molecule has 8 nitrogen and oxygen atoms in total. The van der Waals surface area contributed by atoms with E-state index in [4.69, 9.17) is 0 Å². The van der Waals surface area contributed by atoms with Crippen LogP contribution in [0.1, 0.15) is 12.0 Å². The van der Waals surface area contributed by atoms with Crippen molar-refractivity contribution in [1.82, 2.24) is 20.4 Å². The van der Waals surface area contributed by atoms with E-state index >= 15 is 0 Å². The van der Waals surface area contributed by atoms with Crippen molar-refractivity contribution < 1.29 is 18.0 Å². The molecule has 0 radical (unpaired) electrons. The van der Waals surface area contributed by atoms with Gasteiger partial charge in [-0.2, -0.15) is 0 Å². The molecule has 1 atom stereocenters. The van der Waals surface area contributed by atoms with Crippen LogP contribution in [0.3, 0.4) is 0 Å². The number of hydrogen-bond acceptors (Lipinski definition) is 5. The molecule has 1 aliphatic heterocycles. The fourth-order valence-electron chi connectivity index (χ4n) is 3.39. The van der Waals surface area contributed by atoms with Gasteiger partial charge in [0.1, 0.15) is 0 Å².